The molecule has 0 bridgehead atoms. The molecule has 1 N–H and O–H groups in total. The Bertz CT molecular complexity index is 682. The Morgan fingerprint density at radius 3 is 2.33 bits per heavy atom. The van der Waals surface area contributed by atoms with Gasteiger partial charge < -0.3 is 5.32 Å². The molecule has 21 heavy (non-hydrogen) atoms. The van der Waals surface area contributed by atoms with E-state index in [0.29, 0.717) is 6.20 Å². The molecule has 1 aromatic carbocycles. The Kier molecular flexibility index (Phi) is 4.46. The number of halogens is 4. The minimum atomic E-state index is -5.05. The third kappa shape index (κ3) is 3.67. The largest absolute Gasteiger partial charge is 0.419 e. The number of nitrogens with one attached hydrogen (secondary N) is 1. The third-order valence-corrected chi connectivity index (χ3v) is 2.20. The van der Waals surface area contributed by atoms with Gasteiger partial charge in [0.25, 0.3) is 5.69 Å². The van der Waals surface area contributed by atoms with Gasteiger partial charge in [0.1, 0.15) is 29.2 Å². The first-order valence-corrected chi connectivity index (χ1v) is 5.02. The van der Waals surface area contributed by atoms with Crippen LogP contribution in [0.25, 0.3) is 0 Å². The lowest BCUT2D eigenvalue weighted by Crippen LogP contribution is -2.10. The van der Waals surface area contributed by atoms with E-state index in [2.05, 4.69) is 0 Å². The normalized spacial score (nSPS) is 10.2. The Balaban J connectivity index is 3.42. The maximum absolute atomic E-state index is 13.2. The van der Waals surface area contributed by atoms with Crippen molar-refractivity contribution in [1.29, 1.82) is 10.5 Å². The second-order valence-corrected chi connectivity index (χ2v) is 3.53. The molecule has 108 valence electrons. The quantitative estimate of drug-likeness (QED) is 0.400. The molecule has 0 spiro atoms. The number of rotatable bonds is 3. The SMILES string of the molecule is N#CC(C#N)=CNc1cc(C(F)(F)F)c(F)cc1[N+](=O)[O-]. The van der Waals surface area contributed by atoms with Gasteiger partial charge >= 0.3 is 6.18 Å². The first-order chi connectivity index (χ1) is 9.70. The van der Waals surface area contributed by atoms with Crippen LogP contribution >= 0.6 is 0 Å². The molecule has 10 heteroatoms. The van der Waals surface area contributed by atoms with Gasteiger partial charge in [0.15, 0.2) is 0 Å². The van der Waals surface area contributed by atoms with Gasteiger partial charge in [-0.3, -0.25) is 10.1 Å². The monoisotopic (exact) mass is 300 g/mol. The van der Waals surface area contributed by atoms with Crippen molar-refractivity contribution in [3.63, 3.8) is 0 Å². The van der Waals surface area contributed by atoms with Crippen molar-refractivity contribution in [2.75, 3.05) is 5.32 Å². The fourth-order valence-electron chi connectivity index (χ4n) is 1.29. The summed E-state index contributed by atoms with van der Waals surface area (Å²) in [6.45, 7) is 0. The van der Waals surface area contributed by atoms with Crippen LogP contribution < -0.4 is 5.32 Å². The minimum absolute atomic E-state index is 0.109. The summed E-state index contributed by atoms with van der Waals surface area (Å²) in [4.78, 5) is 9.59. The molecular weight excluding hydrogens is 296 g/mol. The van der Waals surface area contributed by atoms with Gasteiger partial charge in [0.05, 0.1) is 16.6 Å². The highest BCUT2D eigenvalue weighted by Crippen LogP contribution is 2.37. The van der Waals surface area contributed by atoms with E-state index >= 15 is 0 Å². The first kappa shape index (κ1) is 15.9. The van der Waals surface area contributed by atoms with Gasteiger partial charge in [0.2, 0.25) is 0 Å². The van der Waals surface area contributed by atoms with Crippen molar-refractivity contribution in [2.24, 2.45) is 0 Å². The molecule has 6 nitrogen and oxygen atoms in total. The summed E-state index contributed by atoms with van der Waals surface area (Å²) in [5.74, 6) is -1.80. The molecule has 1 aromatic rings. The van der Waals surface area contributed by atoms with Crippen molar-refractivity contribution < 1.29 is 22.5 Å². The average molecular weight is 300 g/mol. The summed E-state index contributed by atoms with van der Waals surface area (Å²) in [7, 11) is 0. The topological polar surface area (TPSA) is 103 Å². The number of anilines is 1. The number of nitro groups is 1. The summed E-state index contributed by atoms with van der Waals surface area (Å²) in [5.41, 5.74) is -3.90. The molecule has 0 aliphatic heterocycles. The molecule has 0 heterocycles. The molecular formula is C11H4F4N4O2. The van der Waals surface area contributed by atoms with Crippen LogP contribution in [0, 0.1) is 38.6 Å². The van der Waals surface area contributed by atoms with Crippen molar-refractivity contribution >= 4 is 11.4 Å². The number of nitro benzene ring substituents is 1. The van der Waals surface area contributed by atoms with Gasteiger partial charge in [-0.1, -0.05) is 0 Å². The molecule has 0 saturated carbocycles. The maximum Gasteiger partial charge on any atom is 0.419 e. The number of nitrogens with zero attached hydrogens (tertiary/aromatic N) is 3. The van der Waals surface area contributed by atoms with Crippen LogP contribution in [-0.2, 0) is 6.18 Å². The number of allylic oxidation sites excluding steroid dienone is 1. The van der Waals surface area contributed by atoms with Crippen LogP contribution in [0.3, 0.4) is 0 Å². The molecule has 0 unspecified atom stereocenters. The van der Waals surface area contributed by atoms with Crippen LogP contribution in [-0.4, -0.2) is 4.92 Å². The molecule has 0 aromatic heterocycles. The van der Waals surface area contributed by atoms with E-state index < -0.39 is 39.4 Å². The van der Waals surface area contributed by atoms with E-state index in [0.717, 1.165) is 0 Å². The van der Waals surface area contributed by atoms with Gasteiger partial charge in [-0.05, 0) is 6.07 Å². The summed E-state index contributed by atoms with van der Waals surface area (Å²) >= 11 is 0. The highest BCUT2D eigenvalue weighted by Gasteiger charge is 2.36. The van der Waals surface area contributed by atoms with E-state index in [1.807, 2.05) is 5.32 Å². The minimum Gasteiger partial charge on any atom is -0.354 e. The van der Waals surface area contributed by atoms with Gasteiger partial charge in [-0.25, -0.2) is 4.39 Å². The van der Waals surface area contributed by atoms with Gasteiger partial charge in [0, 0.05) is 6.20 Å². The van der Waals surface area contributed by atoms with Crippen molar-refractivity contribution in [2.45, 2.75) is 6.18 Å². The lowest BCUT2D eigenvalue weighted by molar-refractivity contribution is -0.384. The zero-order valence-corrected chi connectivity index (χ0v) is 9.90. The van der Waals surface area contributed by atoms with Crippen molar-refractivity contribution in [1.82, 2.24) is 0 Å². The van der Waals surface area contributed by atoms with E-state index in [4.69, 9.17) is 10.5 Å². The first-order valence-electron chi connectivity index (χ1n) is 5.02. The predicted molar refractivity (Wildman–Crippen MR) is 61.0 cm³/mol. The summed E-state index contributed by atoms with van der Waals surface area (Å²) in [6, 6.07) is 3.10. The average Bonchev–Trinajstić information content (AvgIpc) is 2.39. The van der Waals surface area contributed by atoms with Gasteiger partial charge in [-0.15, -0.1) is 0 Å². The molecule has 0 fully saturated rings. The van der Waals surface area contributed by atoms with Crippen molar-refractivity contribution in [3.05, 3.63) is 45.4 Å². The zero-order chi connectivity index (χ0) is 16.2. The highest BCUT2D eigenvalue weighted by atomic mass is 19.4. The molecule has 0 saturated heterocycles. The lowest BCUT2D eigenvalue weighted by atomic mass is 10.1. The fourth-order valence-corrected chi connectivity index (χ4v) is 1.29. The number of benzene rings is 1. The van der Waals surface area contributed by atoms with E-state index in [-0.39, 0.29) is 12.1 Å². The Morgan fingerprint density at radius 1 is 1.33 bits per heavy atom. The smallest absolute Gasteiger partial charge is 0.354 e. The van der Waals surface area contributed by atoms with Crippen LogP contribution in [0.4, 0.5) is 28.9 Å². The lowest BCUT2D eigenvalue weighted by Gasteiger charge is -2.10. The summed E-state index contributed by atoms with van der Waals surface area (Å²) < 4.78 is 50.9. The molecule has 0 amide bonds. The zero-order valence-electron chi connectivity index (χ0n) is 9.90. The highest BCUT2D eigenvalue weighted by molar-refractivity contribution is 5.65. The molecule has 0 radical (unpaired) electrons. The Morgan fingerprint density at radius 2 is 1.90 bits per heavy atom. The Labute approximate surface area is 114 Å². The standard InChI is InChI=1S/C11H4F4N4O2/c12-8-2-10(19(20)21)9(1-7(8)11(13,14)15)18-5-6(3-16)4-17/h1-2,5,18H. The van der Waals surface area contributed by atoms with Crippen LogP contribution in [0.2, 0.25) is 0 Å². The summed E-state index contributed by atoms with van der Waals surface area (Å²) in [6.07, 6.45) is -4.37. The fraction of sp³-hybridized carbons (Fsp3) is 0.0909. The predicted octanol–water partition coefficient (Wildman–Crippen LogP) is 3.10. The Hall–Kier alpha value is -3.14. The molecule has 1 rings (SSSR count). The number of hydrogen-bond donors (Lipinski definition) is 1. The van der Waals surface area contributed by atoms with E-state index in [1.165, 1.54) is 12.1 Å². The molecule has 0 aliphatic carbocycles. The van der Waals surface area contributed by atoms with Crippen LogP contribution in [0.1, 0.15) is 5.56 Å². The number of alkyl halides is 3. The number of hydrogen-bond acceptors (Lipinski definition) is 5. The maximum atomic E-state index is 13.2. The molecule has 0 aliphatic rings. The summed E-state index contributed by atoms with van der Waals surface area (Å²) in [5, 5.41) is 29.6. The van der Waals surface area contributed by atoms with Crippen LogP contribution in [0.15, 0.2) is 23.9 Å². The second-order valence-electron chi connectivity index (χ2n) is 3.53. The third-order valence-electron chi connectivity index (χ3n) is 2.20. The van der Waals surface area contributed by atoms with Crippen LogP contribution in [0.5, 0.6) is 0 Å². The van der Waals surface area contributed by atoms with E-state index in [1.54, 1.807) is 0 Å². The second kappa shape index (κ2) is 5.88. The van der Waals surface area contributed by atoms with Crippen molar-refractivity contribution in [3.8, 4) is 12.1 Å². The van der Waals surface area contributed by atoms with E-state index in [9.17, 15) is 27.7 Å². The van der Waals surface area contributed by atoms with Gasteiger partial charge in [-0.2, -0.15) is 23.7 Å². The molecule has 0 atom stereocenters. The number of nitriles is 2.